The summed E-state index contributed by atoms with van der Waals surface area (Å²) in [6.07, 6.45) is 3.17. The molecule has 0 atom stereocenters. The van der Waals surface area contributed by atoms with E-state index in [1.54, 1.807) is 7.11 Å². The van der Waals surface area contributed by atoms with Crippen LogP contribution in [0.2, 0.25) is 0 Å². The zero-order valence-corrected chi connectivity index (χ0v) is 19.1. The third-order valence-electron chi connectivity index (χ3n) is 5.69. The second-order valence-electron chi connectivity index (χ2n) is 8.17. The number of nitrogens with one attached hydrogen (secondary N) is 2. The number of ether oxygens (including phenoxy) is 1. The van der Waals surface area contributed by atoms with E-state index < -0.39 is 0 Å². The predicted octanol–water partition coefficient (Wildman–Crippen LogP) is 5.72. The zero-order valence-electron chi connectivity index (χ0n) is 19.1. The lowest BCUT2D eigenvalue weighted by Gasteiger charge is -2.13. The van der Waals surface area contributed by atoms with Crippen molar-refractivity contribution in [3.63, 3.8) is 0 Å². The number of hydrogen-bond acceptors (Lipinski definition) is 6. The van der Waals surface area contributed by atoms with Crippen LogP contribution >= 0.6 is 0 Å². The Morgan fingerprint density at radius 2 is 1.94 bits per heavy atom. The fraction of sp³-hybridized carbons (Fsp3) is 0.185. The number of aliphatic imine (C=N–C) groups is 1. The van der Waals surface area contributed by atoms with Crippen LogP contribution < -0.4 is 15.4 Å². The summed E-state index contributed by atoms with van der Waals surface area (Å²) in [5.74, 6) is 1.96. The fourth-order valence-corrected chi connectivity index (χ4v) is 3.96. The second-order valence-corrected chi connectivity index (χ2v) is 8.17. The van der Waals surface area contributed by atoms with Crippen molar-refractivity contribution in [2.24, 2.45) is 4.99 Å². The Bertz CT molecular complexity index is 1410. The van der Waals surface area contributed by atoms with E-state index in [0.717, 1.165) is 52.1 Å². The molecule has 1 aliphatic heterocycles. The summed E-state index contributed by atoms with van der Waals surface area (Å²) >= 11 is 0. The Labute approximate surface area is 197 Å². The number of amides is 1. The van der Waals surface area contributed by atoms with Gasteiger partial charge in [0, 0.05) is 41.0 Å². The number of rotatable bonds is 7. The minimum atomic E-state index is -0.00804. The van der Waals surface area contributed by atoms with Crippen LogP contribution in [0, 0.1) is 0 Å². The highest BCUT2D eigenvalue weighted by atomic mass is 16.5. The normalized spacial score (nSPS) is 11.9. The first-order valence-corrected chi connectivity index (χ1v) is 11.3. The first-order valence-electron chi connectivity index (χ1n) is 11.3. The molecule has 1 aromatic heterocycles. The number of hydrogen-bond donors (Lipinski definition) is 2. The van der Waals surface area contributed by atoms with Crippen molar-refractivity contribution in [2.45, 2.75) is 26.3 Å². The van der Waals surface area contributed by atoms with Gasteiger partial charge in [-0.15, -0.1) is 0 Å². The van der Waals surface area contributed by atoms with Gasteiger partial charge in [0.15, 0.2) is 5.82 Å². The number of fused-ring (bicyclic) bond motifs is 2. The van der Waals surface area contributed by atoms with Crippen LogP contribution in [0.4, 0.5) is 17.2 Å². The Balaban J connectivity index is 1.56. The van der Waals surface area contributed by atoms with Crippen molar-refractivity contribution in [1.82, 2.24) is 9.97 Å². The van der Waals surface area contributed by atoms with Gasteiger partial charge in [-0.2, -0.15) is 0 Å². The van der Waals surface area contributed by atoms with E-state index in [1.807, 2.05) is 61.7 Å². The number of anilines is 3. The third-order valence-corrected chi connectivity index (χ3v) is 5.69. The molecule has 2 heterocycles. The molecule has 34 heavy (non-hydrogen) atoms. The van der Waals surface area contributed by atoms with Crippen molar-refractivity contribution in [2.75, 3.05) is 17.7 Å². The molecule has 7 nitrogen and oxygen atoms in total. The van der Waals surface area contributed by atoms with Gasteiger partial charge in [0.05, 0.1) is 19.2 Å². The zero-order chi connectivity index (χ0) is 23.5. The Hall–Kier alpha value is -4.26. The predicted molar refractivity (Wildman–Crippen MR) is 136 cm³/mol. The van der Waals surface area contributed by atoms with Crippen LogP contribution in [0.1, 0.15) is 30.9 Å². The highest BCUT2D eigenvalue weighted by Gasteiger charge is 2.13. The SMILES string of the molecule is CCCC(=O)Nc1cccc(-c2nc(Nc3ccc4c(c3)C=NC4)c3ccc(OC)cc3n2)c1. The van der Waals surface area contributed by atoms with Crippen molar-refractivity contribution >= 4 is 40.2 Å². The Morgan fingerprint density at radius 3 is 2.79 bits per heavy atom. The minimum absolute atomic E-state index is 0.00804. The van der Waals surface area contributed by atoms with Crippen LogP contribution in [0.25, 0.3) is 22.3 Å². The molecule has 0 spiro atoms. The average molecular weight is 452 g/mol. The summed E-state index contributed by atoms with van der Waals surface area (Å²) in [5.41, 5.74) is 5.54. The Kier molecular flexibility index (Phi) is 5.91. The van der Waals surface area contributed by atoms with Gasteiger partial charge in [-0.05, 0) is 53.9 Å². The number of carbonyl (C=O) groups is 1. The monoisotopic (exact) mass is 451 g/mol. The molecule has 4 aromatic rings. The molecule has 0 aliphatic carbocycles. The standard InChI is InChI=1S/C27H25N5O2/c1-3-5-25(33)29-20-7-4-6-17(12-20)26-31-24-14-22(34-2)10-11-23(24)27(32-26)30-21-9-8-18-15-28-16-19(18)13-21/h4,6-14,16H,3,5,15H2,1-2H3,(H,29,33)(H,30,31,32). The second kappa shape index (κ2) is 9.31. The van der Waals surface area contributed by atoms with Gasteiger partial charge in [0.1, 0.15) is 11.6 Å². The van der Waals surface area contributed by atoms with Gasteiger partial charge in [-0.3, -0.25) is 9.79 Å². The Morgan fingerprint density at radius 1 is 1.03 bits per heavy atom. The topological polar surface area (TPSA) is 88.5 Å². The van der Waals surface area contributed by atoms with Gasteiger partial charge >= 0.3 is 0 Å². The number of aromatic nitrogens is 2. The maximum atomic E-state index is 12.1. The molecule has 7 heteroatoms. The quantitative estimate of drug-likeness (QED) is 0.375. The lowest BCUT2D eigenvalue weighted by Crippen LogP contribution is -2.10. The molecular weight excluding hydrogens is 426 g/mol. The van der Waals surface area contributed by atoms with Crippen molar-refractivity contribution in [1.29, 1.82) is 0 Å². The van der Waals surface area contributed by atoms with Gasteiger partial charge in [-0.25, -0.2) is 9.97 Å². The van der Waals surface area contributed by atoms with E-state index in [4.69, 9.17) is 14.7 Å². The van der Waals surface area contributed by atoms with Crippen LogP contribution in [0.3, 0.4) is 0 Å². The summed E-state index contributed by atoms with van der Waals surface area (Å²) in [5, 5.41) is 7.29. The van der Waals surface area contributed by atoms with Crippen molar-refractivity contribution in [3.8, 4) is 17.1 Å². The third kappa shape index (κ3) is 4.45. The van der Waals surface area contributed by atoms with Gasteiger partial charge < -0.3 is 15.4 Å². The van der Waals surface area contributed by atoms with Crippen LogP contribution in [-0.4, -0.2) is 29.2 Å². The van der Waals surface area contributed by atoms with E-state index in [1.165, 1.54) is 5.56 Å². The molecule has 5 rings (SSSR count). The average Bonchev–Trinajstić information content (AvgIpc) is 3.32. The van der Waals surface area contributed by atoms with E-state index in [2.05, 4.69) is 27.8 Å². The smallest absolute Gasteiger partial charge is 0.224 e. The highest BCUT2D eigenvalue weighted by molar-refractivity contribution is 5.95. The molecule has 3 aromatic carbocycles. The lowest BCUT2D eigenvalue weighted by atomic mass is 10.1. The number of nitrogens with zero attached hydrogens (tertiary/aromatic N) is 3. The molecule has 0 radical (unpaired) electrons. The lowest BCUT2D eigenvalue weighted by molar-refractivity contribution is -0.116. The first-order chi connectivity index (χ1) is 16.6. The number of carbonyl (C=O) groups excluding carboxylic acids is 1. The first kappa shape index (κ1) is 21.6. The maximum Gasteiger partial charge on any atom is 0.224 e. The van der Waals surface area contributed by atoms with E-state index in [9.17, 15) is 4.79 Å². The molecule has 0 fully saturated rings. The molecule has 170 valence electrons. The van der Waals surface area contributed by atoms with Gasteiger partial charge in [0.25, 0.3) is 0 Å². The molecule has 0 saturated heterocycles. The molecule has 1 amide bonds. The summed E-state index contributed by atoms with van der Waals surface area (Å²) in [6, 6.07) is 19.5. The van der Waals surface area contributed by atoms with E-state index in [0.29, 0.717) is 18.1 Å². The fourth-order valence-electron chi connectivity index (χ4n) is 3.96. The van der Waals surface area contributed by atoms with Crippen LogP contribution in [0.15, 0.2) is 65.7 Å². The largest absolute Gasteiger partial charge is 0.497 e. The maximum absolute atomic E-state index is 12.1. The van der Waals surface area contributed by atoms with E-state index >= 15 is 0 Å². The van der Waals surface area contributed by atoms with Gasteiger partial charge in [0.2, 0.25) is 5.91 Å². The number of benzene rings is 3. The van der Waals surface area contributed by atoms with Gasteiger partial charge in [-0.1, -0.05) is 25.1 Å². The molecular formula is C27H25N5O2. The molecule has 1 aliphatic rings. The molecule has 0 saturated carbocycles. The summed E-state index contributed by atoms with van der Waals surface area (Å²) in [7, 11) is 1.64. The molecule has 0 bridgehead atoms. The van der Waals surface area contributed by atoms with Crippen LogP contribution in [0.5, 0.6) is 5.75 Å². The van der Waals surface area contributed by atoms with E-state index in [-0.39, 0.29) is 5.91 Å². The highest BCUT2D eigenvalue weighted by Crippen LogP contribution is 2.31. The minimum Gasteiger partial charge on any atom is -0.497 e. The summed E-state index contributed by atoms with van der Waals surface area (Å²) in [6.45, 7) is 2.71. The number of methoxy groups -OCH3 is 1. The van der Waals surface area contributed by atoms with Crippen LogP contribution in [-0.2, 0) is 11.3 Å². The molecule has 0 unspecified atom stereocenters. The summed E-state index contributed by atoms with van der Waals surface area (Å²) < 4.78 is 5.42. The summed E-state index contributed by atoms with van der Waals surface area (Å²) in [4.78, 5) is 26.1. The van der Waals surface area contributed by atoms with Crippen molar-refractivity contribution < 1.29 is 9.53 Å². The van der Waals surface area contributed by atoms with Crippen molar-refractivity contribution in [3.05, 3.63) is 71.8 Å². The molecule has 2 N–H and O–H groups in total.